The smallest absolute Gasteiger partial charge is 0.303 e. The molecule has 1 aliphatic rings. The van der Waals surface area contributed by atoms with Gasteiger partial charge in [-0.3, -0.25) is 23.7 Å². The van der Waals surface area contributed by atoms with Crippen molar-refractivity contribution < 1.29 is 14.7 Å². The molecule has 0 aliphatic carbocycles. The Bertz CT molecular complexity index is 1470. The maximum atomic E-state index is 13.6. The number of benzene rings is 1. The third-order valence-electron chi connectivity index (χ3n) is 6.68. The number of thioether (sulfide) groups is 1. The minimum atomic E-state index is -0.728. The number of thiocarbonyl (C=S) groups is 1. The fourth-order valence-corrected chi connectivity index (χ4v) is 6.72. The van der Waals surface area contributed by atoms with Gasteiger partial charge in [-0.05, 0) is 49.6 Å². The Morgan fingerprint density at radius 3 is 2.38 bits per heavy atom. The highest BCUT2D eigenvalue weighted by Crippen LogP contribution is 2.35. The number of pyridine rings is 1. The molecule has 1 saturated heterocycles. The monoisotopic (exact) mass is 595 g/mol. The van der Waals surface area contributed by atoms with Gasteiger partial charge in [0.05, 0.1) is 10.5 Å². The first kappa shape index (κ1) is 30.0. The van der Waals surface area contributed by atoms with Gasteiger partial charge in [0.15, 0.2) is 0 Å². The number of carbonyl (C=O) groups excluding carboxylic acids is 1. The van der Waals surface area contributed by atoms with Crippen molar-refractivity contribution in [3.8, 4) is 0 Å². The molecule has 0 unspecified atom stereocenters. The second-order valence-corrected chi connectivity index (χ2v) is 12.5. The number of amides is 1. The minimum Gasteiger partial charge on any atom is -0.481 e. The molecule has 4 rings (SSSR count). The average Bonchev–Trinajstić information content (AvgIpc) is 3.20. The van der Waals surface area contributed by atoms with Crippen molar-refractivity contribution in [3.05, 3.63) is 75.0 Å². The first-order valence-corrected chi connectivity index (χ1v) is 15.6. The van der Waals surface area contributed by atoms with E-state index in [-0.39, 0.29) is 17.9 Å². The Morgan fingerprint density at radius 1 is 1.00 bits per heavy atom. The molecular formula is C30H33N3O4S3. The third-order valence-corrected chi connectivity index (χ3v) is 9.07. The largest absolute Gasteiger partial charge is 0.481 e. The standard InChI is InChI=1S/C30H33N3O4S3/c1-21-14-13-19-32-26(21)31-27(39-22-15-9-8-10-16-22)23(28(32)36)20-24-29(37)33(30(38)40-24)18-12-7-5-3-2-4-6-11-17-25(34)35/h8-10,13-16,19-20H,2-7,11-12,17-18H2,1H3,(H,34,35). The zero-order chi connectivity index (χ0) is 28.5. The molecule has 0 bridgehead atoms. The van der Waals surface area contributed by atoms with Gasteiger partial charge in [-0.1, -0.05) is 98.5 Å². The molecule has 3 aromatic rings. The van der Waals surface area contributed by atoms with E-state index in [4.69, 9.17) is 22.3 Å². The number of aliphatic carboxylic acids is 1. The normalized spacial score (nSPS) is 14.5. The van der Waals surface area contributed by atoms with Crippen molar-refractivity contribution in [2.75, 3.05) is 6.54 Å². The van der Waals surface area contributed by atoms with Crippen LogP contribution in [0.15, 0.2) is 68.3 Å². The summed E-state index contributed by atoms with van der Waals surface area (Å²) in [5.41, 5.74) is 1.64. The Morgan fingerprint density at radius 2 is 1.68 bits per heavy atom. The molecule has 10 heteroatoms. The number of fused-ring (bicyclic) bond motifs is 1. The summed E-state index contributed by atoms with van der Waals surface area (Å²) in [6.07, 6.45) is 11.5. The van der Waals surface area contributed by atoms with Crippen molar-refractivity contribution in [1.29, 1.82) is 0 Å². The minimum absolute atomic E-state index is 0.169. The van der Waals surface area contributed by atoms with Gasteiger partial charge in [0, 0.05) is 24.1 Å². The molecule has 1 N–H and O–H groups in total. The molecule has 210 valence electrons. The number of aryl methyl sites for hydroxylation is 1. The molecule has 1 aromatic carbocycles. The molecule has 1 aliphatic heterocycles. The number of hydrogen-bond donors (Lipinski definition) is 1. The summed E-state index contributed by atoms with van der Waals surface area (Å²) in [6, 6.07) is 13.5. The molecular weight excluding hydrogens is 563 g/mol. The first-order valence-electron chi connectivity index (χ1n) is 13.6. The number of carbonyl (C=O) groups is 2. The number of carboxylic acid groups (broad SMARTS) is 1. The Labute approximate surface area is 248 Å². The molecule has 7 nitrogen and oxygen atoms in total. The van der Waals surface area contributed by atoms with Crippen LogP contribution in [0.1, 0.15) is 68.9 Å². The van der Waals surface area contributed by atoms with E-state index in [9.17, 15) is 14.4 Å². The van der Waals surface area contributed by atoms with Gasteiger partial charge in [-0.15, -0.1) is 0 Å². The van der Waals surface area contributed by atoms with Gasteiger partial charge in [0.25, 0.3) is 11.5 Å². The SMILES string of the molecule is Cc1cccn2c(=O)c(C=C3SC(=S)N(CCCCCCCCCCC(=O)O)C3=O)c(Sc3ccccc3)nc12. The maximum Gasteiger partial charge on any atom is 0.303 e. The van der Waals surface area contributed by atoms with E-state index >= 15 is 0 Å². The number of nitrogens with zero attached hydrogens (tertiary/aromatic N) is 3. The van der Waals surface area contributed by atoms with Crippen LogP contribution < -0.4 is 5.56 Å². The maximum absolute atomic E-state index is 13.6. The highest BCUT2D eigenvalue weighted by atomic mass is 32.2. The van der Waals surface area contributed by atoms with Crippen LogP contribution in [0.3, 0.4) is 0 Å². The van der Waals surface area contributed by atoms with Crippen LogP contribution in [0, 0.1) is 6.92 Å². The Hall–Kier alpha value is -2.95. The zero-order valence-corrected chi connectivity index (χ0v) is 25.0. The number of rotatable bonds is 14. The van der Waals surface area contributed by atoms with Crippen molar-refractivity contribution in [3.63, 3.8) is 0 Å². The van der Waals surface area contributed by atoms with Gasteiger partial charge in [-0.25, -0.2) is 4.98 Å². The molecule has 1 fully saturated rings. The van der Waals surface area contributed by atoms with Crippen molar-refractivity contribution in [2.24, 2.45) is 0 Å². The number of aromatic nitrogens is 2. The van der Waals surface area contributed by atoms with E-state index in [0.717, 1.165) is 61.8 Å². The van der Waals surface area contributed by atoms with Crippen LogP contribution in [-0.4, -0.2) is 42.1 Å². The van der Waals surface area contributed by atoms with Crippen molar-refractivity contribution in [2.45, 2.75) is 74.6 Å². The van der Waals surface area contributed by atoms with Crippen LogP contribution in [0.2, 0.25) is 0 Å². The summed E-state index contributed by atoms with van der Waals surface area (Å²) in [7, 11) is 0. The lowest BCUT2D eigenvalue weighted by atomic mass is 10.1. The lowest BCUT2D eigenvalue weighted by Crippen LogP contribution is -2.29. The summed E-state index contributed by atoms with van der Waals surface area (Å²) in [6.45, 7) is 2.48. The van der Waals surface area contributed by atoms with Crippen molar-refractivity contribution >= 4 is 63.7 Å². The fraction of sp³-hybridized carbons (Fsp3) is 0.367. The van der Waals surface area contributed by atoms with Crippen LogP contribution in [-0.2, 0) is 9.59 Å². The van der Waals surface area contributed by atoms with Crippen LogP contribution in [0.4, 0.5) is 0 Å². The lowest BCUT2D eigenvalue weighted by molar-refractivity contribution is -0.137. The van der Waals surface area contributed by atoms with E-state index in [0.29, 0.717) is 32.0 Å². The van der Waals surface area contributed by atoms with Crippen LogP contribution in [0.5, 0.6) is 0 Å². The Kier molecular flexibility index (Phi) is 11.0. The molecule has 0 saturated carbocycles. The predicted molar refractivity (Wildman–Crippen MR) is 166 cm³/mol. The average molecular weight is 596 g/mol. The molecule has 1 amide bonds. The quantitative estimate of drug-likeness (QED) is 0.0927. The number of unbranched alkanes of at least 4 members (excludes halogenated alkanes) is 7. The summed E-state index contributed by atoms with van der Waals surface area (Å²) in [5, 5.41) is 9.25. The van der Waals surface area contributed by atoms with E-state index in [1.54, 1.807) is 17.2 Å². The summed E-state index contributed by atoms with van der Waals surface area (Å²) < 4.78 is 2.04. The summed E-state index contributed by atoms with van der Waals surface area (Å²) in [5.74, 6) is -0.897. The van der Waals surface area contributed by atoms with Gasteiger partial charge in [0.2, 0.25) is 0 Å². The highest BCUT2D eigenvalue weighted by Gasteiger charge is 2.32. The number of carboxylic acids is 1. The van der Waals surface area contributed by atoms with E-state index in [2.05, 4.69) is 0 Å². The molecule has 3 heterocycles. The van der Waals surface area contributed by atoms with Gasteiger partial charge in [-0.2, -0.15) is 0 Å². The summed E-state index contributed by atoms with van der Waals surface area (Å²) >= 11 is 8.17. The lowest BCUT2D eigenvalue weighted by Gasteiger charge is -2.14. The first-order chi connectivity index (χ1) is 19.3. The van der Waals surface area contributed by atoms with Gasteiger partial charge < -0.3 is 5.11 Å². The van der Waals surface area contributed by atoms with Crippen LogP contribution >= 0.6 is 35.7 Å². The van der Waals surface area contributed by atoms with Crippen LogP contribution in [0.25, 0.3) is 11.7 Å². The topological polar surface area (TPSA) is 92.0 Å². The third kappa shape index (κ3) is 7.83. The molecule has 0 radical (unpaired) electrons. The second kappa shape index (κ2) is 14.6. The second-order valence-electron chi connectivity index (χ2n) is 9.74. The highest BCUT2D eigenvalue weighted by molar-refractivity contribution is 8.26. The summed E-state index contributed by atoms with van der Waals surface area (Å²) in [4.78, 5) is 45.3. The Balaban J connectivity index is 1.42. The van der Waals surface area contributed by atoms with E-state index in [1.165, 1.54) is 27.9 Å². The molecule has 0 spiro atoms. The van der Waals surface area contributed by atoms with Gasteiger partial charge >= 0.3 is 5.97 Å². The van der Waals surface area contributed by atoms with E-state index in [1.807, 2.05) is 49.4 Å². The number of hydrogen-bond acceptors (Lipinski definition) is 7. The zero-order valence-electron chi connectivity index (χ0n) is 22.5. The molecule has 40 heavy (non-hydrogen) atoms. The predicted octanol–water partition coefficient (Wildman–Crippen LogP) is 6.95. The van der Waals surface area contributed by atoms with E-state index < -0.39 is 5.97 Å². The van der Waals surface area contributed by atoms with Crippen molar-refractivity contribution in [1.82, 2.24) is 14.3 Å². The fourth-order valence-electron chi connectivity index (χ4n) is 4.52. The van der Waals surface area contributed by atoms with Gasteiger partial charge in [0.1, 0.15) is 15.0 Å². The molecule has 0 atom stereocenters. The molecule has 2 aromatic heterocycles.